The normalized spacial score (nSPS) is 15.5. The number of aliphatic carboxylic acids is 1. The van der Waals surface area contributed by atoms with Gasteiger partial charge >= 0.3 is 29.6 Å². The van der Waals surface area contributed by atoms with Gasteiger partial charge in [-0.25, -0.2) is 0 Å². The first-order valence-electron chi connectivity index (χ1n) is 6.40. The van der Waals surface area contributed by atoms with Crippen LogP contribution in [-0.2, 0) is 11.2 Å². The minimum absolute atomic E-state index is 0. The van der Waals surface area contributed by atoms with E-state index in [4.69, 9.17) is 5.73 Å². The number of carboxylic acids is 1. The maximum Gasteiger partial charge on any atom is 1.00 e. The average Bonchev–Trinajstić information content (AvgIpc) is 2.44. The smallest absolute Gasteiger partial charge is 0.550 e. The minimum Gasteiger partial charge on any atom is -0.550 e. The molecular weight excluding hydrogens is 357 g/mol. The molecule has 1 aliphatic rings. The second-order valence-electron chi connectivity index (χ2n) is 4.97. The molecule has 2 aromatic rings. The van der Waals surface area contributed by atoms with E-state index >= 15 is 0 Å². The summed E-state index contributed by atoms with van der Waals surface area (Å²) in [6.07, 6.45) is -0.256. The first kappa shape index (κ1) is 17.4. The van der Waals surface area contributed by atoms with Gasteiger partial charge in [-0.15, -0.1) is 0 Å². The molecule has 0 saturated heterocycles. The molecule has 0 saturated carbocycles. The van der Waals surface area contributed by atoms with E-state index in [1.807, 2.05) is 0 Å². The van der Waals surface area contributed by atoms with Crippen molar-refractivity contribution in [3.63, 3.8) is 0 Å². The molecule has 0 heterocycles. The van der Waals surface area contributed by atoms with Gasteiger partial charge in [0.05, 0.1) is 6.04 Å². The van der Waals surface area contributed by atoms with Crippen molar-refractivity contribution < 1.29 is 44.3 Å². The van der Waals surface area contributed by atoms with Crippen molar-refractivity contribution in [3.05, 3.63) is 68.7 Å². The molecule has 3 rings (SSSR count). The topological polar surface area (TPSA) is 83.2 Å². The Hall–Kier alpha value is -0.980. The van der Waals surface area contributed by atoms with Crippen molar-refractivity contribution in [1.82, 2.24) is 0 Å². The Kier molecular flexibility index (Phi) is 5.25. The van der Waals surface area contributed by atoms with Gasteiger partial charge in [-0.05, 0) is 34.9 Å². The van der Waals surface area contributed by atoms with Gasteiger partial charge in [-0.1, -0.05) is 34.1 Å². The van der Waals surface area contributed by atoms with Gasteiger partial charge in [0.25, 0.3) is 0 Å². The molecule has 106 valence electrons. The molecule has 2 aromatic carbocycles. The Morgan fingerprint density at radius 3 is 2.64 bits per heavy atom. The van der Waals surface area contributed by atoms with Crippen LogP contribution in [0, 0.1) is 0 Å². The van der Waals surface area contributed by atoms with E-state index in [2.05, 4.69) is 15.9 Å². The number of carbonyl (C=O) groups excluding carboxylic acids is 2. The van der Waals surface area contributed by atoms with Crippen LogP contribution in [0.2, 0.25) is 0 Å². The number of hydrogen-bond donors (Lipinski definition) is 1. The van der Waals surface area contributed by atoms with Crippen molar-refractivity contribution >= 4 is 27.7 Å². The summed E-state index contributed by atoms with van der Waals surface area (Å²) in [4.78, 5) is 23.5. The number of carbonyl (C=O) groups is 2. The number of ketones is 1. The molecule has 4 nitrogen and oxygen atoms in total. The van der Waals surface area contributed by atoms with E-state index < -0.39 is 12.0 Å². The SMILES string of the molecule is NC1c2cc(Br)ccc2C(=O)c2cccc(CC(=O)[O-])c21.[Na+]. The molecule has 6 heteroatoms. The molecule has 1 atom stereocenters. The number of rotatable bonds is 2. The van der Waals surface area contributed by atoms with E-state index in [9.17, 15) is 14.7 Å². The Labute approximate surface area is 158 Å². The molecule has 0 aliphatic heterocycles. The zero-order valence-corrected chi connectivity index (χ0v) is 15.5. The van der Waals surface area contributed by atoms with Crippen molar-refractivity contribution in [3.8, 4) is 0 Å². The fraction of sp³-hybridized carbons (Fsp3) is 0.125. The molecule has 0 radical (unpaired) electrons. The summed E-state index contributed by atoms with van der Waals surface area (Å²) in [7, 11) is 0. The summed E-state index contributed by atoms with van der Waals surface area (Å²) >= 11 is 3.37. The van der Waals surface area contributed by atoms with Gasteiger partial charge in [0, 0.05) is 28.0 Å². The first-order valence-corrected chi connectivity index (χ1v) is 7.19. The molecular formula is C16H11BrNNaO3. The predicted octanol–water partition coefficient (Wildman–Crippen LogP) is -1.66. The fourth-order valence-electron chi connectivity index (χ4n) is 2.79. The van der Waals surface area contributed by atoms with Gasteiger partial charge in [-0.3, -0.25) is 4.79 Å². The quantitative estimate of drug-likeness (QED) is 0.644. The largest absolute Gasteiger partial charge is 1.00 e. The second kappa shape index (κ2) is 6.64. The zero-order valence-electron chi connectivity index (χ0n) is 11.9. The number of halogens is 1. The molecule has 1 aliphatic carbocycles. The van der Waals surface area contributed by atoms with Crippen LogP contribution in [0.25, 0.3) is 0 Å². The molecule has 1 unspecified atom stereocenters. The van der Waals surface area contributed by atoms with Crippen molar-refractivity contribution in [2.45, 2.75) is 12.5 Å². The maximum atomic E-state index is 12.6. The van der Waals surface area contributed by atoms with Crippen LogP contribution in [0.5, 0.6) is 0 Å². The van der Waals surface area contributed by atoms with E-state index in [1.165, 1.54) is 0 Å². The van der Waals surface area contributed by atoms with Crippen LogP contribution in [0.3, 0.4) is 0 Å². The van der Waals surface area contributed by atoms with Crippen molar-refractivity contribution in [1.29, 1.82) is 0 Å². The van der Waals surface area contributed by atoms with Gasteiger partial charge in [0.15, 0.2) is 5.78 Å². The Morgan fingerprint density at radius 2 is 1.95 bits per heavy atom. The summed E-state index contributed by atoms with van der Waals surface area (Å²) < 4.78 is 0.824. The van der Waals surface area contributed by atoms with Gasteiger partial charge in [-0.2, -0.15) is 0 Å². The third-order valence-corrected chi connectivity index (χ3v) is 4.17. The molecule has 0 fully saturated rings. The fourth-order valence-corrected chi connectivity index (χ4v) is 3.17. The second-order valence-corrected chi connectivity index (χ2v) is 5.88. The number of fused-ring (bicyclic) bond motifs is 2. The summed E-state index contributed by atoms with van der Waals surface area (Å²) in [5, 5.41) is 10.9. The predicted molar refractivity (Wildman–Crippen MR) is 78.8 cm³/mol. The number of hydrogen-bond acceptors (Lipinski definition) is 4. The number of carboxylic acid groups (broad SMARTS) is 1. The van der Waals surface area contributed by atoms with Crippen LogP contribution in [0.15, 0.2) is 40.9 Å². The number of benzene rings is 2. The average molecular weight is 368 g/mol. The summed E-state index contributed by atoms with van der Waals surface area (Å²) in [5.74, 6) is -1.32. The number of nitrogens with two attached hydrogens (primary N) is 1. The molecule has 2 N–H and O–H groups in total. The zero-order chi connectivity index (χ0) is 15.1. The Morgan fingerprint density at radius 1 is 1.23 bits per heavy atom. The van der Waals surface area contributed by atoms with Gasteiger partial charge in [0.2, 0.25) is 0 Å². The molecule has 0 aromatic heterocycles. The third kappa shape index (κ3) is 2.92. The van der Waals surface area contributed by atoms with Crippen molar-refractivity contribution in [2.24, 2.45) is 5.73 Å². The first-order chi connectivity index (χ1) is 9.99. The van der Waals surface area contributed by atoms with Crippen LogP contribution in [0.4, 0.5) is 0 Å². The van der Waals surface area contributed by atoms with Crippen LogP contribution in [-0.4, -0.2) is 11.8 Å². The molecule has 0 spiro atoms. The maximum absolute atomic E-state index is 12.6. The van der Waals surface area contributed by atoms with Crippen LogP contribution in [0.1, 0.15) is 38.7 Å². The van der Waals surface area contributed by atoms with Gasteiger partial charge < -0.3 is 15.6 Å². The molecule has 0 bridgehead atoms. The van der Waals surface area contributed by atoms with E-state index in [1.54, 1.807) is 36.4 Å². The van der Waals surface area contributed by atoms with Crippen LogP contribution < -0.4 is 40.4 Å². The Balaban J connectivity index is 0.00000176. The third-order valence-electron chi connectivity index (χ3n) is 3.68. The minimum atomic E-state index is -1.19. The van der Waals surface area contributed by atoms with Gasteiger partial charge in [0.1, 0.15) is 0 Å². The summed E-state index contributed by atoms with van der Waals surface area (Å²) in [6.45, 7) is 0. The van der Waals surface area contributed by atoms with E-state index in [0.29, 0.717) is 27.8 Å². The summed E-state index contributed by atoms with van der Waals surface area (Å²) in [5.41, 5.74) is 9.12. The Bertz CT molecular complexity index is 776. The summed E-state index contributed by atoms with van der Waals surface area (Å²) in [6, 6.07) is 9.82. The van der Waals surface area contributed by atoms with Crippen LogP contribution >= 0.6 is 15.9 Å². The molecule has 0 amide bonds. The standard InChI is InChI=1S/C16H12BrNO3.Na/c17-9-4-5-10-12(7-9)15(18)14-8(6-13(19)20)2-1-3-11(14)16(10)21;/h1-5,7,15H,6,18H2,(H,19,20);/q;+1/p-1. The molecule has 22 heavy (non-hydrogen) atoms. The van der Waals surface area contributed by atoms with Crippen molar-refractivity contribution in [2.75, 3.05) is 0 Å². The monoisotopic (exact) mass is 367 g/mol. The van der Waals surface area contributed by atoms with E-state index in [-0.39, 0.29) is 41.8 Å². The van der Waals surface area contributed by atoms with E-state index in [0.717, 1.165) is 4.47 Å².